The van der Waals surface area contributed by atoms with Gasteiger partial charge in [0.2, 0.25) is 0 Å². The summed E-state index contributed by atoms with van der Waals surface area (Å²) in [6, 6.07) is 14.3. The van der Waals surface area contributed by atoms with Crippen LogP contribution in [0, 0.1) is 0 Å². The summed E-state index contributed by atoms with van der Waals surface area (Å²) in [6.07, 6.45) is 3.14. The van der Waals surface area contributed by atoms with Gasteiger partial charge in [0, 0.05) is 23.0 Å². The Bertz CT molecular complexity index is 1420. The number of aliphatic hydroxyl groups is 1. The van der Waals surface area contributed by atoms with Crippen molar-refractivity contribution in [3.05, 3.63) is 88.7 Å². The molecule has 164 valence electrons. The zero-order valence-corrected chi connectivity index (χ0v) is 18.8. The number of fused-ring (bicyclic) bond motifs is 1. The van der Waals surface area contributed by atoms with Crippen LogP contribution in [0.4, 0.5) is 5.13 Å². The van der Waals surface area contributed by atoms with E-state index in [0.29, 0.717) is 32.5 Å². The lowest BCUT2D eigenvalue weighted by molar-refractivity contribution is -0.132. The molecule has 0 spiro atoms. The Balaban J connectivity index is 1.71. The Hall–Kier alpha value is -3.75. The fourth-order valence-electron chi connectivity index (χ4n) is 3.78. The molecule has 4 aromatic rings. The van der Waals surface area contributed by atoms with E-state index >= 15 is 0 Å². The molecular weight excluding hydrogens is 462 g/mol. The van der Waals surface area contributed by atoms with E-state index in [4.69, 9.17) is 16.3 Å². The van der Waals surface area contributed by atoms with Crippen LogP contribution >= 0.6 is 22.9 Å². The van der Waals surface area contributed by atoms with Crippen molar-refractivity contribution in [3.63, 3.8) is 0 Å². The van der Waals surface area contributed by atoms with Gasteiger partial charge in [0.25, 0.3) is 5.78 Å². The highest BCUT2D eigenvalue weighted by Crippen LogP contribution is 2.44. The molecule has 33 heavy (non-hydrogen) atoms. The van der Waals surface area contributed by atoms with Crippen LogP contribution in [-0.4, -0.2) is 33.9 Å². The van der Waals surface area contributed by atoms with E-state index in [-0.39, 0.29) is 11.3 Å². The number of Topliss-reactive ketones (excluding diaryl/α,β-unsaturated/α-hetero) is 1. The smallest absolute Gasteiger partial charge is 0.301 e. The Kier molecular flexibility index (Phi) is 5.32. The largest absolute Gasteiger partial charge is 0.507 e. The number of anilines is 1. The minimum Gasteiger partial charge on any atom is -0.507 e. The van der Waals surface area contributed by atoms with Gasteiger partial charge in [0.1, 0.15) is 11.5 Å². The number of hydrogen-bond donors (Lipinski definition) is 1. The van der Waals surface area contributed by atoms with Gasteiger partial charge < -0.3 is 9.84 Å². The van der Waals surface area contributed by atoms with Gasteiger partial charge in [0.15, 0.2) is 5.13 Å². The zero-order chi connectivity index (χ0) is 23.1. The first-order chi connectivity index (χ1) is 16.0. The average Bonchev–Trinajstić information content (AvgIpc) is 3.37. The average molecular weight is 478 g/mol. The Morgan fingerprint density at radius 2 is 1.82 bits per heavy atom. The number of nitrogens with zero attached hydrogens (tertiary/aromatic N) is 3. The van der Waals surface area contributed by atoms with Crippen molar-refractivity contribution in [3.8, 4) is 5.75 Å². The highest BCUT2D eigenvalue weighted by Gasteiger charge is 2.48. The van der Waals surface area contributed by atoms with Gasteiger partial charge in [-0.25, -0.2) is 4.98 Å². The molecular formula is C24H16ClN3O4S. The molecule has 0 aliphatic carbocycles. The third-order valence-corrected chi connectivity index (χ3v) is 6.64. The van der Waals surface area contributed by atoms with Gasteiger partial charge in [-0.2, -0.15) is 0 Å². The van der Waals surface area contributed by atoms with E-state index in [0.717, 1.165) is 4.70 Å². The van der Waals surface area contributed by atoms with Gasteiger partial charge in [-0.15, -0.1) is 0 Å². The van der Waals surface area contributed by atoms with Crippen molar-refractivity contribution in [1.29, 1.82) is 0 Å². The third kappa shape index (κ3) is 3.63. The van der Waals surface area contributed by atoms with E-state index in [1.807, 2.05) is 6.07 Å². The number of carbonyl (C=O) groups is 2. The molecule has 1 aliphatic heterocycles. The molecule has 0 radical (unpaired) electrons. The fraction of sp³-hybridized carbons (Fsp3) is 0.0833. The van der Waals surface area contributed by atoms with Gasteiger partial charge in [-0.1, -0.05) is 22.9 Å². The number of carbonyl (C=O) groups excluding carboxylic acids is 2. The van der Waals surface area contributed by atoms with E-state index in [1.54, 1.807) is 68.0 Å². The number of halogens is 1. The van der Waals surface area contributed by atoms with E-state index in [9.17, 15) is 14.7 Å². The normalized spacial score (nSPS) is 17.6. The number of methoxy groups -OCH3 is 1. The van der Waals surface area contributed by atoms with Crippen LogP contribution in [0.1, 0.15) is 17.2 Å². The molecule has 7 nitrogen and oxygen atoms in total. The third-order valence-electron chi connectivity index (χ3n) is 5.37. The summed E-state index contributed by atoms with van der Waals surface area (Å²) in [5.74, 6) is -1.18. The molecule has 1 amide bonds. The number of pyridine rings is 1. The van der Waals surface area contributed by atoms with Gasteiger partial charge >= 0.3 is 5.91 Å². The van der Waals surface area contributed by atoms with Crippen LogP contribution in [0.2, 0.25) is 5.02 Å². The number of amides is 1. The maximum atomic E-state index is 13.2. The highest BCUT2D eigenvalue weighted by atomic mass is 35.5. The lowest BCUT2D eigenvalue weighted by Crippen LogP contribution is -2.29. The molecule has 9 heteroatoms. The second-order valence-electron chi connectivity index (χ2n) is 7.29. The van der Waals surface area contributed by atoms with Crippen LogP contribution in [0.3, 0.4) is 0 Å². The molecule has 1 aliphatic rings. The van der Waals surface area contributed by atoms with E-state index in [2.05, 4.69) is 9.97 Å². The van der Waals surface area contributed by atoms with Crippen LogP contribution in [-0.2, 0) is 9.59 Å². The summed E-state index contributed by atoms with van der Waals surface area (Å²) < 4.78 is 6.08. The van der Waals surface area contributed by atoms with Crippen molar-refractivity contribution in [2.24, 2.45) is 0 Å². The number of rotatable bonds is 4. The minimum absolute atomic E-state index is 0.0228. The summed E-state index contributed by atoms with van der Waals surface area (Å²) in [5.41, 5.74) is 1.65. The molecule has 1 fully saturated rings. The Morgan fingerprint density at radius 3 is 2.52 bits per heavy atom. The van der Waals surface area contributed by atoms with Gasteiger partial charge in [-0.05, 0) is 60.2 Å². The predicted octanol–water partition coefficient (Wildman–Crippen LogP) is 4.98. The van der Waals surface area contributed by atoms with Crippen LogP contribution in [0.25, 0.3) is 16.0 Å². The lowest BCUT2D eigenvalue weighted by atomic mass is 9.96. The summed E-state index contributed by atoms with van der Waals surface area (Å²) in [6.45, 7) is 0. The van der Waals surface area contributed by atoms with Crippen LogP contribution in [0.15, 0.2) is 72.6 Å². The first-order valence-electron chi connectivity index (χ1n) is 9.89. The maximum absolute atomic E-state index is 13.2. The summed E-state index contributed by atoms with van der Waals surface area (Å²) in [4.78, 5) is 36.4. The molecule has 0 saturated carbocycles. The molecule has 5 rings (SSSR count). The lowest BCUT2D eigenvalue weighted by Gasteiger charge is -2.22. The monoisotopic (exact) mass is 477 g/mol. The van der Waals surface area contributed by atoms with E-state index in [1.165, 1.54) is 16.2 Å². The van der Waals surface area contributed by atoms with Crippen LogP contribution < -0.4 is 9.64 Å². The van der Waals surface area contributed by atoms with Gasteiger partial charge in [0.05, 0.1) is 28.9 Å². The van der Waals surface area contributed by atoms with Crippen molar-refractivity contribution in [2.75, 3.05) is 12.0 Å². The van der Waals surface area contributed by atoms with Crippen LogP contribution in [0.5, 0.6) is 5.75 Å². The zero-order valence-electron chi connectivity index (χ0n) is 17.2. The molecule has 1 N–H and O–H groups in total. The number of ketones is 1. The number of thiazole rings is 1. The molecule has 3 heterocycles. The van der Waals surface area contributed by atoms with Crippen molar-refractivity contribution >= 4 is 55.7 Å². The SMILES string of the molecule is COc1ccc2nc(N3C(=O)C(=O)/C(=C(/O)c4ccc(Cl)cc4)C3c3ccncc3)sc2c1. The fourth-order valence-corrected chi connectivity index (χ4v) is 4.92. The molecule has 2 aromatic carbocycles. The summed E-state index contributed by atoms with van der Waals surface area (Å²) in [7, 11) is 1.57. The first-order valence-corrected chi connectivity index (χ1v) is 11.1. The molecule has 1 saturated heterocycles. The van der Waals surface area contributed by atoms with E-state index < -0.39 is 17.7 Å². The Morgan fingerprint density at radius 1 is 1.09 bits per heavy atom. The molecule has 1 atom stereocenters. The number of aliphatic hydroxyl groups excluding tert-OH is 1. The number of ether oxygens (including phenoxy) is 1. The number of hydrogen-bond acceptors (Lipinski definition) is 7. The quantitative estimate of drug-likeness (QED) is 0.253. The molecule has 2 aromatic heterocycles. The van der Waals surface area contributed by atoms with Crippen molar-refractivity contribution < 1.29 is 19.4 Å². The second kappa shape index (κ2) is 8.31. The second-order valence-corrected chi connectivity index (χ2v) is 8.73. The predicted molar refractivity (Wildman–Crippen MR) is 127 cm³/mol. The summed E-state index contributed by atoms with van der Waals surface area (Å²) in [5, 5.41) is 11.9. The highest BCUT2D eigenvalue weighted by molar-refractivity contribution is 7.22. The first kappa shape index (κ1) is 21.1. The topological polar surface area (TPSA) is 92.6 Å². The minimum atomic E-state index is -0.869. The van der Waals surface area contributed by atoms with Crippen molar-refractivity contribution in [2.45, 2.75) is 6.04 Å². The number of aromatic nitrogens is 2. The van der Waals surface area contributed by atoms with Crippen molar-refractivity contribution in [1.82, 2.24) is 9.97 Å². The molecule has 0 bridgehead atoms. The maximum Gasteiger partial charge on any atom is 0.301 e. The molecule has 1 unspecified atom stereocenters. The number of benzene rings is 2. The van der Waals surface area contributed by atoms with Gasteiger partial charge in [-0.3, -0.25) is 19.5 Å². The Labute approximate surface area is 197 Å². The standard InChI is InChI=1S/C24H16ClN3O4S/c1-32-16-6-7-17-18(12-16)33-24(27-17)28-20(13-8-10-26-11-9-13)19(22(30)23(28)31)21(29)14-2-4-15(25)5-3-14/h2-12,20,29H,1H3/b21-19+. The summed E-state index contributed by atoms with van der Waals surface area (Å²) >= 11 is 7.23.